The molecular formula is C25H34ClN5O2. The van der Waals surface area contributed by atoms with Crippen LogP contribution in [0.25, 0.3) is 16.9 Å². The minimum Gasteiger partial charge on any atom is -0.385 e. The average Bonchev–Trinajstić information content (AvgIpc) is 3.53. The van der Waals surface area contributed by atoms with Crippen LogP contribution in [-0.2, 0) is 9.53 Å². The predicted molar refractivity (Wildman–Crippen MR) is 134 cm³/mol. The number of fused-ring (bicyclic) bond motifs is 1. The van der Waals surface area contributed by atoms with Crippen molar-refractivity contribution in [3.05, 3.63) is 46.7 Å². The maximum absolute atomic E-state index is 9.54. The molecule has 7 nitrogen and oxygen atoms in total. The van der Waals surface area contributed by atoms with Crippen molar-refractivity contribution in [3.8, 4) is 11.3 Å². The van der Waals surface area contributed by atoms with Gasteiger partial charge in [-0.1, -0.05) is 23.7 Å². The second-order valence-electron chi connectivity index (χ2n) is 8.54. The number of carbonyl (C=O) groups is 1. The number of benzene rings is 1. The van der Waals surface area contributed by atoms with Crippen LogP contribution in [0.15, 0.2) is 30.5 Å². The standard InChI is InChI=1S/C15H15ClN4.C6H12O.C4H7NO/c1-9-4-5-11(6-10(9)2)13-8-18-15-12(17-3)7-14(16)19-20(13)15;1-6-4-2-3-5-7-6;6-3-5-4-1-2-4/h4-8,17H,1-3H3;6H,2-5H2,1H3;3-4H,1-2H2,(H,5,6). The van der Waals surface area contributed by atoms with Crippen LogP contribution >= 0.6 is 11.6 Å². The molecule has 1 aliphatic heterocycles. The minimum absolute atomic E-state index is 0.435. The smallest absolute Gasteiger partial charge is 0.207 e. The fourth-order valence-electron chi connectivity index (χ4n) is 3.47. The summed E-state index contributed by atoms with van der Waals surface area (Å²) in [7, 11) is 1.84. The summed E-state index contributed by atoms with van der Waals surface area (Å²) in [6.45, 7) is 7.32. The fraction of sp³-hybridized carbons (Fsp3) is 0.480. The van der Waals surface area contributed by atoms with Crippen LogP contribution in [0, 0.1) is 13.8 Å². The summed E-state index contributed by atoms with van der Waals surface area (Å²) in [6, 6.07) is 8.62. The minimum atomic E-state index is 0.435. The molecule has 1 unspecified atom stereocenters. The Morgan fingerprint density at radius 3 is 2.45 bits per heavy atom. The Hall–Kier alpha value is -2.64. The first-order valence-corrected chi connectivity index (χ1v) is 11.9. The van der Waals surface area contributed by atoms with Gasteiger partial charge in [0.2, 0.25) is 6.41 Å². The molecule has 2 aromatic heterocycles. The lowest BCUT2D eigenvalue weighted by atomic mass is 10.0. The van der Waals surface area contributed by atoms with E-state index >= 15 is 0 Å². The summed E-state index contributed by atoms with van der Waals surface area (Å²) in [6.07, 6.45) is 9.37. The molecule has 2 fully saturated rings. The SMILES string of the molecule is CC1CCCCO1.CNc1cc(Cl)nn2c(-c3ccc(C)c(C)c3)cnc12.O=CNC1CC1. The van der Waals surface area contributed by atoms with E-state index in [4.69, 9.17) is 16.3 Å². The number of halogens is 1. The van der Waals surface area contributed by atoms with Gasteiger partial charge in [-0.15, -0.1) is 0 Å². The Morgan fingerprint density at radius 1 is 1.15 bits per heavy atom. The van der Waals surface area contributed by atoms with E-state index < -0.39 is 0 Å². The Balaban J connectivity index is 0.000000191. The molecule has 2 N–H and O–H groups in total. The van der Waals surface area contributed by atoms with Crippen molar-refractivity contribution in [3.63, 3.8) is 0 Å². The molecule has 0 radical (unpaired) electrons. The van der Waals surface area contributed by atoms with Crippen molar-refractivity contribution >= 4 is 29.3 Å². The molecule has 2 aliphatic rings. The van der Waals surface area contributed by atoms with Crippen LogP contribution in [0.1, 0.15) is 50.2 Å². The van der Waals surface area contributed by atoms with Crippen LogP contribution in [0.4, 0.5) is 5.69 Å². The van der Waals surface area contributed by atoms with Crippen LogP contribution < -0.4 is 10.6 Å². The van der Waals surface area contributed by atoms with Crippen LogP contribution in [-0.4, -0.2) is 46.8 Å². The third kappa shape index (κ3) is 7.17. The van der Waals surface area contributed by atoms with Crippen LogP contribution in [0.3, 0.4) is 0 Å². The van der Waals surface area contributed by atoms with Gasteiger partial charge in [0.25, 0.3) is 0 Å². The van der Waals surface area contributed by atoms with E-state index in [1.807, 2.05) is 13.2 Å². The van der Waals surface area contributed by atoms with Gasteiger partial charge < -0.3 is 15.4 Å². The Bertz CT molecular complexity index is 1060. The quantitative estimate of drug-likeness (QED) is 0.512. The highest BCUT2D eigenvalue weighted by Gasteiger charge is 2.19. The van der Waals surface area contributed by atoms with E-state index in [2.05, 4.69) is 59.7 Å². The molecule has 8 heteroatoms. The molecule has 0 spiro atoms. The van der Waals surface area contributed by atoms with Gasteiger partial charge in [-0.05, 0) is 70.1 Å². The summed E-state index contributed by atoms with van der Waals surface area (Å²) in [5.41, 5.74) is 6.16. The normalized spacial score (nSPS) is 17.3. The lowest BCUT2D eigenvalue weighted by Gasteiger charge is -2.17. The molecule has 1 atom stereocenters. The second-order valence-corrected chi connectivity index (χ2v) is 8.93. The molecule has 5 rings (SSSR count). The highest BCUT2D eigenvalue weighted by molar-refractivity contribution is 6.29. The third-order valence-electron chi connectivity index (χ3n) is 5.80. The second kappa shape index (κ2) is 12.0. The van der Waals surface area contributed by atoms with E-state index in [1.165, 1.54) is 43.2 Å². The van der Waals surface area contributed by atoms with E-state index in [9.17, 15) is 4.79 Å². The van der Waals surface area contributed by atoms with E-state index in [-0.39, 0.29) is 0 Å². The first kappa shape index (κ1) is 25.0. The zero-order valence-corrected chi connectivity index (χ0v) is 20.7. The molecule has 1 amide bonds. The van der Waals surface area contributed by atoms with Gasteiger partial charge in [0.05, 0.1) is 23.7 Å². The monoisotopic (exact) mass is 471 g/mol. The maximum atomic E-state index is 9.54. The number of nitrogens with one attached hydrogen (secondary N) is 2. The van der Waals surface area contributed by atoms with Crippen molar-refractivity contribution in [1.82, 2.24) is 19.9 Å². The van der Waals surface area contributed by atoms with Crippen LogP contribution in [0.5, 0.6) is 0 Å². The summed E-state index contributed by atoms with van der Waals surface area (Å²) in [4.78, 5) is 14.0. The van der Waals surface area contributed by atoms with Crippen molar-refractivity contribution < 1.29 is 9.53 Å². The lowest BCUT2D eigenvalue weighted by molar-refractivity contribution is -0.109. The Morgan fingerprint density at radius 2 is 1.94 bits per heavy atom. The molecule has 178 valence electrons. The number of hydrogen-bond acceptors (Lipinski definition) is 5. The fourth-order valence-corrected chi connectivity index (χ4v) is 3.65. The molecule has 0 bridgehead atoms. The van der Waals surface area contributed by atoms with E-state index in [1.54, 1.807) is 10.6 Å². The molecule has 1 saturated carbocycles. The number of ether oxygens (including phenoxy) is 1. The number of amides is 1. The topological polar surface area (TPSA) is 80.6 Å². The third-order valence-corrected chi connectivity index (χ3v) is 5.98. The van der Waals surface area contributed by atoms with Gasteiger partial charge in [-0.3, -0.25) is 4.79 Å². The summed E-state index contributed by atoms with van der Waals surface area (Å²) >= 11 is 6.08. The van der Waals surface area contributed by atoms with Gasteiger partial charge in [-0.25, -0.2) is 9.50 Å². The highest BCUT2D eigenvalue weighted by Crippen LogP contribution is 2.26. The van der Waals surface area contributed by atoms with Crippen molar-refractivity contribution in [2.45, 2.75) is 65.0 Å². The number of nitrogens with zero attached hydrogens (tertiary/aromatic N) is 3. The number of imidazole rings is 1. The number of rotatable bonds is 4. The molecule has 3 heterocycles. The number of hydrogen-bond donors (Lipinski definition) is 2. The largest absolute Gasteiger partial charge is 0.385 e. The summed E-state index contributed by atoms with van der Waals surface area (Å²) in [5.74, 6) is 0. The number of aromatic nitrogens is 3. The average molecular weight is 472 g/mol. The lowest BCUT2D eigenvalue weighted by Crippen LogP contribution is -2.14. The maximum Gasteiger partial charge on any atom is 0.207 e. The molecule has 33 heavy (non-hydrogen) atoms. The Labute approximate surface area is 200 Å². The van der Waals surface area contributed by atoms with E-state index in [0.717, 1.165) is 35.6 Å². The van der Waals surface area contributed by atoms with Crippen molar-refractivity contribution in [2.24, 2.45) is 0 Å². The number of anilines is 1. The first-order valence-electron chi connectivity index (χ1n) is 11.5. The molecule has 1 aromatic carbocycles. The number of carbonyl (C=O) groups excluding carboxylic acids is 1. The highest BCUT2D eigenvalue weighted by atomic mass is 35.5. The van der Waals surface area contributed by atoms with Gasteiger partial charge in [-0.2, -0.15) is 5.10 Å². The van der Waals surface area contributed by atoms with Gasteiger partial charge in [0.1, 0.15) is 0 Å². The molecular weight excluding hydrogens is 438 g/mol. The Kier molecular flexibility index (Phi) is 9.09. The van der Waals surface area contributed by atoms with Gasteiger partial charge in [0, 0.05) is 31.3 Å². The number of aryl methyl sites for hydroxylation is 2. The van der Waals surface area contributed by atoms with Gasteiger partial charge >= 0.3 is 0 Å². The van der Waals surface area contributed by atoms with Crippen molar-refractivity contribution in [1.29, 1.82) is 0 Å². The van der Waals surface area contributed by atoms with Crippen molar-refractivity contribution in [2.75, 3.05) is 19.0 Å². The molecule has 3 aromatic rings. The molecule has 1 aliphatic carbocycles. The van der Waals surface area contributed by atoms with Crippen LogP contribution in [0.2, 0.25) is 5.15 Å². The predicted octanol–water partition coefficient (Wildman–Crippen LogP) is 5.18. The van der Waals surface area contributed by atoms with E-state index in [0.29, 0.717) is 17.3 Å². The molecule has 1 saturated heterocycles. The van der Waals surface area contributed by atoms with Gasteiger partial charge in [0.15, 0.2) is 10.8 Å². The zero-order valence-electron chi connectivity index (χ0n) is 19.9. The zero-order chi connectivity index (χ0) is 23.8. The summed E-state index contributed by atoms with van der Waals surface area (Å²) in [5, 5.41) is 10.5. The summed E-state index contributed by atoms with van der Waals surface area (Å²) < 4.78 is 7.05. The first-order chi connectivity index (χ1) is 15.9.